The van der Waals surface area contributed by atoms with Crippen molar-refractivity contribution in [3.8, 4) is 0 Å². The van der Waals surface area contributed by atoms with E-state index in [-0.39, 0.29) is 5.92 Å². The molecule has 0 unspecified atom stereocenters. The number of hydrogen-bond donors (Lipinski definition) is 0. The number of rotatable bonds is 2. The standard InChI is InChI=1S/C13H22N2O/c1-11(16)12-4-3-5-13(10-12)15-8-6-14(2)7-9-15/h3,5,12-13H,4,6-10H2,1-2H3/t12-,13-/m1/s1. The maximum Gasteiger partial charge on any atom is 0.133 e. The Hall–Kier alpha value is -0.670. The molecule has 90 valence electrons. The van der Waals surface area contributed by atoms with E-state index in [1.165, 1.54) is 0 Å². The highest BCUT2D eigenvalue weighted by molar-refractivity contribution is 5.78. The van der Waals surface area contributed by atoms with E-state index in [2.05, 4.69) is 29.0 Å². The van der Waals surface area contributed by atoms with Gasteiger partial charge in [-0.1, -0.05) is 12.2 Å². The van der Waals surface area contributed by atoms with E-state index < -0.39 is 0 Å². The van der Waals surface area contributed by atoms with Crippen molar-refractivity contribution in [1.29, 1.82) is 0 Å². The molecule has 3 nitrogen and oxygen atoms in total. The number of carbonyl (C=O) groups is 1. The van der Waals surface area contributed by atoms with Crippen LogP contribution in [0.4, 0.5) is 0 Å². The minimum atomic E-state index is 0.259. The summed E-state index contributed by atoms with van der Waals surface area (Å²) in [6, 6.07) is 0.497. The molecule has 3 heteroatoms. The molecular formula is C13H22N2O. The number of likely N-dealkylation sites (N-methyl/N-ethyl adjacent to an activating group) is 1. The second-order valence-corrected chi connectivity index (χ2v) is 5.11. The summed E-state index contributed by atoms with van der Waals surface area (Å²) >= 11 is 0. The minimum Gasteiger partial charge on any atom is -0.304 e. The first-order chi connectivity index (χ1) is 7.66. The zero-order valence-electron chi connectivity index (χ0n) is 10.4. The molecule has 1 heterocycles. The molecule has 0 aromatic carbocycles. The third kappa shape index (κ3) is 2.71. The maximum atomic E-state index is 11.4. The summed E-state index contributed by atoms with van der Waals surface area (Å²) in [6.45, 7) is 6.29. The molecule has 0 N–H and O–H groups in total. The molecular weight excluding hydrogens is 200 g/mol. The zero-order valence-corrected chi connectivity index (χ0v) is 10.4. The van der Waals surface area contributed by atoms with Crippen LogP contribution in [0.3, 0.4) is 0 Å². The summed E-state index contributed by atoms with van der Waals surface area (Å²) in [7, 11) is 2.17. The van der Waals surface area contributed by atoms with E-state index in [0.717, 1.165) is 39.0 Å². The van der Waals surface area contributed by atoms with Gasteiger partial charge in [-0.2, -0.15) is 0 Å². The summed E-state index contributed by atoms with van der Waals surface area (Å²) in [5, 5.41) is 0. The average Bonchev–Trinajstić information content (AvgIpc) is 2.30. The van der Waals surface area contributed by atoms with E-state index in [0.29, 0.717) is 11.8 Å². The summed E-state index contributed by atoms with van der Waals surface area (Å²) in [6.07, 6.45) is 6.46. The van der Waals surface area contributed by atoms with Gasteiger partial charge < -0.3 is 4.90 Å². The molecule has 1 aliphatic carbocycles. The SMILES string of the molecule is CC(=O)[C@@H]1CC=C[C@@H](N2CCN(C)CC2)C1. The molecule has 2 atom stereocenters. The molecule has 2 rings (SSSR count). The van der Waals surface area contributed by atoms with Gasteiger partial charge in [0.1, 0.15) is 5.78 Å². The Kier molecular flexibility index (Phi) is 3.77. The number of Topliss-reactive ketones (excluding diaryl/α,β-unsaturated/α-hetero) is 1. The van der Waals surface area contributed by atoms with E-state index in [1.54, 1.807) is 6.92 Å². The minimum absolute atomic E-state index is 0.259. The van der Waals surface area contributed by atoms with Crippen LogP contribution in [0.5, 0.6) is 0 Å². The number of piperazine rings is 1. The highest BCUT2D eigenvalue weighted by Crippen LogP contribution is 2.23. The van der Waals surface area contributed by atoms with Crippen LogP contribution in [0.1, 0.15) is 19.8 Å². The average molecular weight is 222 g/mol. The normalized spacial score (nSPS) is 32.9. The number of ketones is 1. The smallest absolute Gasteiger partial charge is 0.133 e. The van der Waals surface area contributed by atoms with Crippen LogP contribution in [-0.2, 0) is 4.79 Å². The lowest BCUT2D eigenvalue weighted by Crippen LogP contribution is -2.49. The molecule has 1 aliphatic heterocycles. The Morgan fingerprint density at radius 3 is 2.56 bits per heavy atom. The first-order valence-corrected chi connectivity index (χ1v) is 6.26. The van der Waals surface area contributed by atoms with Crippen molar-refractivity contribution in [2.75, 3.05) is 33.2 Å². The third-order valence-electron chi connectivity index (χ3n) is 3.89. The lowest BCUT2D eigenvalue weighted by molar-refractivity contribution is -0.121. The molecule has 0 saturated carbocycles. The summed E-state index contributed by atoms with van der Waals surface area (Å²) in [5.74, 6) is 0.609. The van der Waals surface area contributed by atoms with Gasteiger partial charge in [-0.25, -0.2) is 0 Å². The summed E-state index contributed by atoms with van der Waals surface area (Å²) in [4.78, 5) is 16.3. The quantitative estimate of drug-likeness (QED) is 0.655. The van der Waals surface area contributed by atoms with Gasteiger partial charge in [0.2, 0.25) is 0 Å². The molecule has 0 amide bonds. The molecule has 0 aromatic heterocycles. The van der Waals surface area contributed by atoms with E-state index >= 15 is 0 Å². The molecule has 16 heavy (non-hydrogen) atoms. The molecule has 0 bridgehead atoms. The number of hydrogen-bond acceptors (Lipinski definition) is 3. The van der Waals surface area contributed by atoms with Gasteiger partial charge in [0.15, 0.2) is 0 Å². The van der Waals surface area contributed by atoms with Crippen LogP contribution in [-0.4, -0.2) is 54.9 Å². The van der Waals surface area contributed by atoms with Crippen molar-refractivity contribution < 1.29 is 4.79 Å². The predicted octanol–water partition coefficient (Wildman–Crippen LogP) is 1.16. The van der Waals surface area contributed by atoms with Crippen molar-refractivity contribution >= 4 is 5.78 Å². The Morgan fingerprint density at radius 1 is 1.25 bits per heavy atom. The van der Waals surface area contributed by atoms with E-state index in [1.807, 2.05) is 0 Å². The third-order valence-corrected chi connectivity index (χ3v) is 3.89. The Bertz CT molecular complexity index is 280. The molecule has 1 fully saturated rings. The fourth-order valence-electron chi connectivity index (χ4n) is 2.62. The van der Waals surface area contributed by atoms with E-state index in [4.69, 9.17) is 0 Å². The molecule has 1 saturated heterocycles. The van der Waals surface area contributed by atoms with Gasteiger partial charge >= 0.3 is 0 Å². The highest BCUT2D eigenvalue weighted by atomic mass is 16.1. The lowest BCUT2D eigenvalue weighted by Gasteiger charge is -2.39. The molecule has 2 aliphatic rings. The number of allylic oxidation sites excluding steroid dienone is 1. The molecule has 0 spiro atoms. The summed E-state index contributed by atoms with van der Waals surface area (Å²) < 4.78 is 0. The van der Waals surface area contributed by atoms with Crippen LogP contribution >= 0.6 is 0 Å². The fourth-order valence-corrected chi connectivity index (χ4v) is 2.62. The number of nitrogens with zero attached hydrogens (tertiary/aromatic N) is 2. The number of carbonyl (C=O) groups excluding carboxylic acids is 1. The lowest BCUT2D eigenvalue weighted by atomic mass is 9.87. The molecule has 0 radical (unpaired) electrons. The Morgan fingerprint density at radius 2 is 1.94 bits per heavy atom. The first-order valence-electron chi connectivity index (χ1n) is 6.26. The Balaban J connectivity index is 1.92. The topological polar surface area (TPSA) is 23.6 Å². The van der Waals surface area contributed by atoms with E-state index in [9.17, 15) is 4.79 Å². The monoisotopic (exact) mass is 222 g/mol. The van der Waals surface area contributed by atoms with Gasteiger partial charge in [-0.3, -0.25) is 9.69 Å². The molecule has 0 aromatic rings. The second-order valence-electron chi connectivity index (χ2n) is 5.11. The van der Waals surface area contributed by atoms with Crippen LogP contribution in [0.15, 0.2) is 12.2 Å². The second kappa shape index (κ2) is 5.11. The van der Waals surface area contributed by atoms with Gasteiger partial charge in [-0.15, -0.1) is 0 Å². The van der Waals surface area contributed by atoms with Crippen LogP contribution < -0.4 is 0 Å². The van der Waals surface area contributed by atoms with Gasteiger partial charge in [0.05, 0.1) is 0 Å². The van der Waals surface area contributed by atoms with Crippen molar-refractivity contribution in [3.63, 3.8) is 0 Å². The first kappa shape index (κ1) is 11.8. The van der Waals surface area contributed by atoms with Crippen LogP contribution in [0.2, 0.25) is 0 Å². The van der Waals surface area contributed by atoms with Crippen molar-refractivity contribution in [2.45, 2.75) is 25.8 Å². The fraction of sp³-hybridized carbons (Fsp3) is 0.769. The van der Waals surface area contributed by atoms with Crippen LogP contribution in [0.25, 0.3) is 0 Å². The van der Waals surface area contributed by atoms with Crippen LogP contribution in [0, 0.1) is 5.92 Å². The Labute approximate surface area is 98.1 Å². The van der Waals surface area contributed by atoms with Gasteiger partial charge in [0.25, 0.3) is 0 Å². The zero-order chi connectivity index (χ0) is 11.5. The van der Waals surface area contributed by atoms with Crippen molar-refractivity contribution in [2.24, 2.45) is 5.92 Å². The summed E-state index contributed by atoms with van der Waals surface area (Å²) in [5.41, 5.74) is 0. The van der Waals surface area contributed by atoms with Crippen molar-refractivity contribution in [1.82, 2.24) is 9.80 Å². The highest BCUT2D eigenvalue weighted by Gasteiger charge is 2.27. The van der Waals surface area contributed by atoms with Crippen molar-refractivity contribution in [3.05, 3.63) is 12.2 Å². The largest absolute Gasteiger partial charge is 0.304 e. The van der Waals surface area contributed by atoms with Gasteiger partial charge in [-0.05, 0) is 26.8 Å². The van der Waals surface area contributed by atoms with Gasteiger partial charge in [0, 0.05) is 38.1 Å². The predicted molar refractivity (Wildman–Crippen MR) is 65.4 cm³/mol. The maximum absolute atomic E-state index is 11.4.